The Balaban J connectivity index is 1.63. The Labute approximate surface area is 156 Å². The van der Waals surface area contributed by atoms with Crippen molar-refractivity contribution in [1.29, 1.82) is 0 Å². The number of hydrogen-bond acceptors (Lipinski definition) is 4. The molecule has 1 aliphatic rings. The van der Waals surface area contributed by atoms with Gasteiger partial charge in [-0.15, -0.1) is 0 Å². The Morgan fingerprint density at radius 3 is 2.85 bits per heavy atom. The van der Waals surface area contributed by atoms with E-state index in [1.807, 2.05) is 35.9 Å². The van der Waals surface area contributed by atoms with Crippen molar-refractivity contribution in [2.75, 3.05) is 19.8 Å². The maximum atomic E-state index is 12.4. The van der Waals surface area contributed by atoms with E-state index in [1.165, 1.54) is 0 Å². The van der Waals surface area contributed by atoms with Gasteiger partial charge in [-0.25, -0.2) is 9.97 Å². The molecule has 0 unspecified atom stereocenters. The molecule has 1 amide bonds. The van der Waals surface area contributed by atoms with Crippen LogP contribution in [0.15, 0.2) is 36.5 Å². The molecule has 4 rings (SSSR count). The molecule has 3 aromatic rings. The minimum Gasteiger partial charge on any atom is -0.380 e. The van der Waals surface area contributed by atoms with Crippen LogP contribution in [0.5, 0.6) is 0 Å². The molecule has 1 aromatic carbocycles. The molecule has 0 bridgehead atoms. The van der Waals surface area contributed by atoms with Crippen LogP contribution in [-0.4, -0.2) is 40.2 Å². The van der Waals surface area contributed by atoms with Gasteiger partial charge in [0.15, 0.2) is 5.65 Å². The third-order valence-corrected chi connectivity index (χ3v) is 4.99. The molecule has 6 nitrogen and oxygen atoms in total. The number of benzene rings is 1. The standard InChI is InChI=1S/C19H19ClN4O2/c1-19(10-26-11-19)9-22-18(25)12-7-15-17(21-8-12)24(2)16(23-15)13-5-3-4-6-14(13)20/h3-8H,9-11H2,1-2H3,(H,22,25). The van der Waals surface area contributed by atoms with Gasteiger partial charge in [0, 0.05) is 30.8 Å². The number of ether oxygens (including phenoxy) is 1. The second-order valence-electron chi connectivity index (χ2n) is 7.03. The van der Waals surface area contributed by atoms with Gasteiger partial charge in [0.1, 0.15) is 11.3 Å². The molecule has 2 aromatic heterocycles. The van der Waals surface area contributed by atoms with E-state index >= 15 is 0 Å². The molecule has 1 fully saturated rings. The number of aromatic nitrogens is 3. The van der Waals surface area contributed by atoms with Gasteiger partial charge >= 0.3 is 0 Å². The van der Waals surface area contributed by atoms with Crippen LogP contribution in [0.1, 0.15) is 17.3 Å². The number of nitrogens with zero attached hydrogens (tertiary/aromatic N) is 3. The van der Waals surface area contributed by atoms with Crippen molar-refractivity contribution in [2.45, 2.75) is 6.92 Å². The van der Waals surface area contributed by atoms with E-state index in [0.717, 1.165) is 11.4 Å². The van der Waals surface area contributed by atoms with Crippen LogP contribution in [-0.2, 0) is 11.8 Å². The first kappa shape index (κ1) is 17.0. The van der Waals surface area contributed by atoms with Gasteiger partial charge < -0.3 is 14.6 Å². The van der Waals surface area contributed by atoms with Crippen molar-refractivity contribution in [3.05, 3.63) is 47.1 Å². The summed E-state index contributed by atoms with van der Waals surface area (Å²) in [7, 11) is 1.89. The number of pyridine rings is 1. The lowest BCUT2D eigenvalue weighted by Crippen LogP contribution is -2.48. The fourth-order valence-electron chi connectivity index (χ4n) is 3.03. The SMILES string of the molecule is Cn1c(-c2ccccc2Cl)nc2cc(C(=O)NCC3(C)COC3)cnc21. The lowest BCUT2D eigenvalue weighted by Gasteiger charge is -2.37. The first-order valence-corrected chi connectivity index (χ1v) is 8.78. The van der Waals surface area contributed by atoms with Crippen LogP contribution in [0.2, 0.25) is 5.02 Å². The van der Waals surface area contributed by atoms with Crippen LogP contribution in [0, 0.1) is 5.41 Å². The molecule has 7 heteroatoms. The van der Waals surface area contributed by atoms with E-state index in [-0.39, 0.29) is 11.3 Å². The van der Waals surface area contributed by atoms with Crippen LogP contribution < -0.4 is 5.32 Å². The van der Waals surface area contributed by atoms with Crippen molar-refractivity contribution in [3.63, 3.8) is 0 Å². The zero-order valence-electron chi connectivity index (χ0n) is 14.6. The van der Waals surface area contributed by atoms with Crippen molar-refractivity contribution < 1.29 is 9.53 Å². The summed E-state index contributed by atoms with van der Waals surface area (Å²) in [5.41, 5.74) is 2.71. The monoisotopic (exact) mass is 370 g/mol. The molecule has 0 atom stereocenters. The van der Waals surface area contributed by atoms with Crippen LogP contribution >= 0.6 is 11.6 Å². The van der Waals surface area contributed by atoms with Gasteiger partial charge in [0.2, 0.25) is 0 Å². The number of amides is 1. The van der Waals surface area contributed by atoms with Gasteiger partial charge in [0.05, 0.1) is 23.8 Å². The normalized spacial score (nSPS) is 15.7. The Hall–Kier alpha value is -2.44. The zero-order valence-corrected chi connectivity index (χ0v) is 15.4. The number of imidazole rings is 1. The summed E-state index contributed by atoms with van der Waals surface area (Å²) in [6.07, 6.45) is 1.58. The molecular weight excluding hydrogens is 352 g/mol. The molecule has 1 N–H and O–H groups in total. The highest BCUT2D eigenvalue weighted by molar-refractivity contribution is 6.33. The molecular formula is C19H19ClN4O2. The largest absolute Gasteiger partial charge is 0.380 e. The Morgan fingerprint density at radius 1 is 1.38 bits per heavy atom. The molecule has 1 aliphatic heterocycles. The lowest BCUT2D eigenvalue weighted by atomic mass is 9.89. The fraction of sp³-hybridized carbons (Fsp3) is 0.316. The summed E-state index contributed by atoms with van der Waals surface area (Å²) in [6.45, 7) is 4.02. The molecule has 0 radical (unpaired) electrons. The highest BCUT2D eigenvalue weighted by Gasteiger charge is 2.33. The number of halogens is 1. The molecule has 26 heavy (non-hydrogen) atoms. The van der Waals surface area contributed by atoms with Crippen LogP contribution in [0.25, 0.3) is 22.6 Å². The number of rotatable bonds is 4. The highest BCUT2D eigenvalue weighted by atomic mass is 35.5. The Kier molecular flexibility index (Phi) is 4.17. The predicted octanol–water partition coefficient (Wildman–Crippen LogP) is 3.06. The average Bonchev–Trinajstić information content (AvgIpc) is 2.94. The predicted molar refractivity (Wildman–Crippen MR) is 100 cm³/mol. The van der Waals surface area contributed by atoms with Crippen LogP contribution in [0.4, 0.5) is 0 Å². The van der Waals surface area contributed by atoms with E-state index in [4.69, 9.17) is 16.3 Å². The van der Waals surface area contributed by atoms with Gasteiger partial charge in [-0.05, 0) is 18.2 Å². The number of carbonyl (C=O) groups excluding carboxylic acids is 1. The van der Waals surface area contributed by atoms with Crippen molar-refractivity contribution in [3.8, 4) is 11.4 Å². The van der Waals surface area contributed by atoms with Crippen molar-refractivity contribution in [2.24, 2.45) is 12.5 Å². The number of aryl methyl sites for hydroxylation is 1. The number of hydrogen-bond donors (Lipinski definition) is 1. The lowest BCUT2D eigenvalue weighted by molar-refractivity contribution is -0.0978. The van der Waals surface area contributed by atoms with Gasteiger partial charge in [0.25, 0.3) is 5.91 Å². The minimum atomic E-state index is -0.155. The van der Waals surface area contributed by atoms with Gasteiger partial charge in [-0.2, -0.15) is 0 Å². The fourth-order valence-corrected chi connectivity index (χ4v) is 3.25. The minimum absolute atomic E-state index is 0.0232. The molecule has 0 aliphatic carbocycles. The first-order valence-electron chi connectivity index (χ1n) is 8.40. The van der Waals surface area contributed by atoms with E-state index in [2.05, 4.69) is 22.2 Å². The van der Waals surface area contributed by atoms with Gasteiger partial charge in [-0.1, -0.05) is 30.7 Å². The third-order valence-electron chi connectivity index (χ3n) is 4.66. The van der Waals surface area contributed by atoms with E-state index in [9.17, 15) is 4.79 Å². The third kappa shape index (κ3) is 2.95. The first-order chi connectivity index (χ1) is 12.5. The summed E-state index contributed by atoms with van der Waals surface area (Å²) < 4.78 is 7.09. The molecule has 134 valence electrons. The smallest absolute Gasteiger partial charge is 0.252 e. The van der Waals surface area contributed by atoms with Crippen molar-refractivity contribution >= 4 is 28.7 Å². The van der Waals surface area contributed by atoms with Gasteiger partial charge in [-0.3, -0.25) is 4.79 Å². The zero-order chi connectivity index (χ0) is 18.3. The summed E-state index contributed by atoms with van der Waals surface area (Å²) >= 11 is 6.30. The maximum absolute atomic E-state index is 12.4. The summed E-state index contributed by atoms with van der Waals surface area (Å²) in [6, 6.07) is 9.30. The highest BCUT2D eigenvalue weighted by Crippen LogP contribution is 2.29. The van der Waals surface area contributed by atoms with Crippen LogP contribution in [0.3, 0.4) is 0 Å². The Bertz CT molecular complexity index is 994. The molecule has 0 saturated carbocycles. The number of nitrogens with one attached hydrogen (secondary N) is 1. The molecule has 3 heterocycles. The number of fused-ring (bicyclic) bond motifs is 1. The van der Waals surface area contributed by atoms with E-state index in [0.29, 0.717) is 41.5 Å². The van der Waals surface area contributed by atoms with E-state index in [1.54, 1.807) is 12.3 Å². The number of carbonyl (C=O) groups is 1. The van der Waals surface area contributed by atoms with E-state index < -0.39 is 0 Å². The summed E-state index contributed by atoms with van der Waals surface area (Å²) in [5, 5.41) is 3.58. The summed E-state index contributed by atoms with van der Waals surface area (Å²) in [5.74, 6) is 0.562. The second kappa shape index (κ2) is 6.37. The van der Waals surface area contributed by atoms with Crippen molar-refractivity contribution in [1.82, 2.24) is 19.9 Å². The maximum Gasteiger partial charge on any atom is 0.252 e. The summed E-state index contributed by atoms with van der Waals surface area (Å²) in [4.78, 5) is 21.5. The molecule has 1 saturated heterocycles. The topological polar surface area (TPSA) is 69.0 Å². The Morgan fingerprint density at radius 2 is 2.15 bits per heavy atom. The second-order valence-corrected chi connectivity index (χ2v) is 7.43. The quantitative estimate of drug-likeness (QED) is 0.766. The average molecular weight is 371 g/mol. The molecule has 0 spiro atoms.